The minimum Gasteiger partial charge on any atom is -0.368 e. The van der Waals surface area contributed by atoms with Crippen LogP contribution < -0.4 is 16.0 Å². The van der Waals surface area contributed by atoms with E-state index < -0.39 is 0 Å². The molecule has 0 fully saturated rings. The third-order valence-electron chi connectivity index (χ3n) is 2.70. The summed E-state index contributed by atoms with van der Waals surface area (Å²) < 4.78 is 0. The first kappa shape index (κ1) is 14.3. The predicted molar refractivity (Wildman–Crippen MR) is 82.0 cm³/mol. The fourth-order valence-electron chi connectivity index (χ4n) is 1.69. The molecule has 0 aliphatic heterocycles. The number of hydrogen-bond donors (Lipinski definition) is 3. The molecule has 0 unspecified atom stereocenters. The normalized spacial score (nSPS) is 11.7. The van der Waals surface area contributed by atoms with Crippen molar-refractivity contribution < 1.29 is 4.79 Å². The van der Waals surface area contributed by atoms with E-state index in [1.807, 2.05) is 42.6 Å². The monoisotopic (exact) mass is 290 g/mol. The van der Waals surface area contributed by atoms with Gasteiger partial charge in [0.05, 0.1) is 6.04 Å². The summed E-state index contributed by atoms with van der Waals surface area (Å²) in [6.45, 7) is 3.15. The van der Waals surface area contributed by atoms with E-state index in [0.29, 0.717) is 13.1 Å². The second-order valence-corrected chi connectivity index (χ2v) is 5.26. The number of hydrogen-bond acceptors (Lipinski definition) is 4. The summed E-state index contributed by atoms with van der Waals surface area (Å²) in [7, 11) is 0. The lowest BCUT2D eigenvalue weighted by Crippen LogP contribution is -2.39. The number of thiophene rings is 1. The molecule has 2 heterocycles. The molecule has 0 saturated carbocycles. The van der Waals surface area contributed by atoms with Crippen LogP contribution in [0, 0.1) is 0 Å². The van der Waals surface area contributed by atoms with E-state index in [-0.39, 0.29) is 12.1 Å². The van der Waals surface area contributed by atoms with Gasteiger partial charge in [0, 0.05) is 24.2 Å². The number of amides is 2. The quantitative estimate of drug-likeness (QED) is 0.716. The number of carbonyl (C=O) groups is 1. The second-order valence-electron chi connectivity index (χ2n) is 4.28. The Balaban J connectivity index is 1.63. The van der Waals surface area contributed by atoms with Gasteiger partial charge in [-0.25, -0.2) is 9.78 Å². The SMILES string of the molecule is C[C@@H](NC(=O)NCCNc1ccccn1)c1cccs1. The Labute approximate surface area is 122 Å². The molecule has 0 aromatic carbocycles. The number of nitrogens with one attached hydrogen (secondary N) is 3. The number of nitrogens with zero attached hydrogens (tertiary/aromatic N) is 1. The van der Waals surface area contributed by atoms with Gasteiger partial charge in [0.25, 0.3) is 0 Å². The summed E-state index contributed by atoms with van der Waals surface area (Å²) in [5.41, 5.74) is 0. The molecule has 2 aromatic rings. The average Bonchev–Trinajstić information content (AvgIpc) is 2.99. The molecule has 5 nitrogen and oxygen atoms in total. The van der Waals surface area contributed by atoms with Gasteiger partial charge in [0.15, 0.2) is 0 Å². The Bertz CT molecular complexity index is 515. The molecule has 2 aromatic heterocycles. The molecule has 2 amide bonds. The maximum absolute atomic E-state index is 11.7. The number of aromatic nitrogens is 1. The van der Waals surface area contributed by atoms with E-state index in [0.717, 1.165) is 10.7 Å². The first-order chi connectivity index (χ1) is 9.75. The summed E-state index contributed by atoms with van der Waals surface area (Å²) in [6.07, 6.45) is 1.73. The molecule has 3 N–H and O–H groups in total. The summed E-state index contributed by atoms with van der Waals surface area (Å²) in [5, 5.41) is 10.8. The van der Waals surface area contributed by atoms with E-state index >= 15 is 0 Å². The van der Waals surface area contributed by atoms with Gasteiger partial charge < -0.3 is 16.0 Å². The van der Waals surface area contributed by atoms with E-state index in [9.17, 15) is 4.79 Å². The highest BCUT2D eigenvalue weighted by atomic mass is 32.1. The van der Waals surface area contributed by atoms with Gasteiger partial charge in [0.1, 0.15) is 5.82 Å². The highest BCUT2D eigenvalue weighted by molar-refractivity contribution is 7.10. The van der Waals surface area contributed by atoms with Crippen molar-refractivity contribution in [2.45, 2.75) is 13.0 Å². The van der Waals surface area contributed by atoms with Crippen LogP contribution >= 0.6 is 11.3 Å². The number of rotatable bonds is 6. The van der Waals surface area contributed by atoms with Gasteiger partial charge in [-0.3, -0.25) is 0 Å². The summed E-state index contributed by atoms with van der Waals surface area (Å²) in [6, 6.07) is 9.53. The van der Waals surface area contributed by atoms with Gasteiger partial charge in [-0.1, -0.05) is 12.1 Å². The minimum absolute atomic E-state index is 0.0266. The van der Waals surface area contributed by atoms with E-state index in [4.69, 9.17) is 0 Å². The molecule has 0 aliphatic carbocycles. The largest absolute Gasteiger partial charge is 0.368 e. The molecule has 0 spiro atoms. The number of carbonyl (C=O) groups excluding carboxylic acids is 1. The van der Waals surface area contributed by atoms with E-state index in [1.165, 1.54) is 0 Å². The second kappa shape index (κ2) is 7.49. The van der Waals surface area contributed by atoms with Crippen molar-refractivity contribution in [1.82, 2.24) is 15.6 Å². The smallest absolute Gasteiger partial charge is 0.315 e. The molecule has 1 atom stereocenters. The standard InChI is InChI=1S/C14H18N4OS/c1-11(12-5-4-10-20-12)18-14(19)17-9-8-16-13-6-2-3-7-15-13/h2-7,10-11H,8-9H2,1H3,(H,15,16)(H2,17,18,19)/t11-/m1/s1. The maximum atomic E-state index is 11.7. The first-order valence-electron chi connectivity index (χ1n) is 6.48. The Morgan fingerprint density at radius 1 is 1.30 bits per heavy atom. The zero-order valence-electron chi connectivity index (χ0n) is 11.3. The summed E-state index contributed by atoms with van der Waals surface area (Å²) in [4.78, 5) is 17.0. The topological polar surface area (TPSA) is 66.1 Å². The van der Waals surface area contributed by atoms with Gasteiger partial charge in [-0.15, -0.1) is 11.3 Å². The summed E-state index contributed by atoms with van der Waals surface area (Å²) in [5.74, 6) is 0.807. The highest BCUT2D eigenvalue weighted by Gasteiger charge is 2.09. The first-order valence-corrected chi connectivity index (χ1v) is 7.36. The Morgan fingerprint density at radius 2 is 2.20 bits per heavy atom. The molecule has 0 radical (unpaired) electrons. The van der Waals surface area contributed by atoms with Gasteiger partial charge >= 0.3 is 6.03 Å². The third kappa shape index (κ3) is 4.55. The number of anilines is 1. The van der Waals surface area contributed by atoms with E-state index in [1.54, 1.807) is 17.5 Å². The molecule has 0 saturated heterocycles. The fraction of sp³-hybridized carbons (Fsp3) is 0.286. The molecule has 6 heteroatoms. The van der Waals surface area contributed by atoms with Gasteiger partial charge in [-0.05, 0) is 30.5 Å². The predicted octanol–water partition coefficient (Wildman–Crippen LogP) is 2.62. The van der Waals surface area contributed by atoms with Crippen LogP contribution in [0.4, 0.5) is 10.6 Å². The lowest BCUT2D eigenvalue weighted by atomic mass is 10.3. The fourth-order valence-corrected chi connectivity index (χ4v) is 2.42. The Hall–Kier alpha value is -2.08. The van der Waals surface area contributed by atoms with Crippen molar-refractivity contribution in [1.29, 1.82) is 0 Å². The van der Waals surface area contributed by atoms with Crippen LogP contribution in [-0.4, -0.2) is 24.1 Å². The van der Waals surface area contributed by atoms with Crippen LogP contribution in [0.25, 0.3) is 0 Å². The maximum Gasteiger partial charge on any atom is 0.315 e. The highest BCUT2D eigenvalue weighted by Crippen LogP contribution is 2.17. The molecular weight excluding hydrogens is 272 g/mol. The van der Waals surface area contributed by atoms with Crippen LogP contribution in [0.1, 0.15) is 17.8 Å². The van der Waals surface area contributed by atoms with Crippen LogP contribution in [0.2, 0.25) is 0 Å². The van der Waals surface area contributed by atoms with Crippen molar-refractivity contribution in [2.75, 3.05) is 18.4 Å². The number of pyridine rings is 1. The van der Waals surface area contributed by atoms with Crippen LogP contribution in [0.3, 0.4) is 0 Å². The third-order valence-corrected chi connectivity index (χ3v) is 3.75. The van der Waals surface area contributed by atoms with Gasteiger partial charge in [-0.2, -0.15) is 0 Å². The van der Waals surface area contributed by atoms with Crippen molar-refractivity contribution in [3.63, 3.8) is 0 Å². The summed E-state index contributed by atoms with van der Waals surface area (Å²) >= 11 is 1.64. The Morgan fingerprint density at radius 3 is 2.90 bits per heavy atom. The van der Waals surface area contributed by atoms with Crippen molar-refractivity contribution in [2.24, 2.45) is 0 Å². The molecule has 2 rings (SSSR count). The average molecular weight is 290 g/mol. The van der Waals surface area contributed by atoms with Crippen LogP contribution in [0.5, 0.6) is 0 Å². The molecule has 0 bridgehead atoms. The van der Waals surface area contributed by atoms with Gasteiger partial charge in [0.2, 0.25) is 0 Å². The lowest BCUT2D eigenvalue weighted by Gasteiger charge is -2.13. The van der Waals surface area contributed by atoms with E-state index in [2.05, 4.69) is 20.9 Å². The van der Waals surface area contributed by atoms with Crippen LogP contribution in [-0.2, 0) is 0 Å². The van der Waals surface area contributed by atoms with Crippen molar-refractivity contribution in [3.8, 4) is 0 Å². The zero-order valence-corrected chi connectivity index (χ0v) is 12.1. The Kier molecular flexibility index (Phi) is 5.37. The molecule has 0 aliphatic rings. The van der Waals surface area contributed by atoms with Crippen molar-refractivity contribution >= 4 is 23.2 Å². The minimum atomic E-state index is -0.159. The number of urea groups is 1. The molecular formula is C14H18N4OS. The molecule has 20 heavy (non-hydrogen) atoms. The zero-order chi connectivity index (χ0) is 14.2. The van der Waals surface area contributed by atoms with Crippen LogP contribution in [0.15, 0.2) is 41.9 Å². The lowest BCUT2D eigenvalue weighted by molar-refractivity contribution is 0.238. The molecule has 106 valence electrons. The van der Waals surface area contributed by atoms with Crippen molar-refractivity contribution in [3.05, 3.63) is 46.8 Å².